The van der Waals surface area contributed by atoms with Crippen molar-refractivity contribution in [2.45, 2.75) is 38.0 Å². The fourth-order valence-corrected chi connectivity index (χ4v) is 1.63. The molecule has 1 aliphatic rings. The third-order valence-corrected chi connectivity index (χ3v) is 2.39. The van der Waals surface area contributed by atoms with Crippen molar-refractivity contribution in [1.82, 2.24) is 5.32 Å². The lowest BCUT2D eigenvalue weighted by molar-refractivity contribution is 0.0536. The Morgan fingerprint density at radius 2 is 2.27 bits per heavy atom. The average Bonchev–Trinajstić information content (AvgIpc) is 2.27. The van der Waals surface area contributed by atoms with Crippen LogP contribution in [0.2, 0.25) is 0 Å². The monoisotopic (exact) mass is 154 g/mol. The van der Waals surface area contributed by atoms with Crippen molar-refractivity contribution >= 4 is 0 Å². The molecule has 3 heteroatoms. The summed E-state index contributed by atoms with van der Waals surface area (Å²) in [6.45, 7) is 3.93. The fourth-order valence-electron chi connectivity index (χ4n) is 1.63. The molecule has 1 saturated heterocycles. The Kier molecular flexibility index (Phi) is 2.17. The molecule has 0 aromatic rings. The first-order valence-corrected chi connectivity index (χ1v) is 3.90. The highest BCUT2D eigenvalue weighted by Crippen LogP contribution is 2.29. The molecule has 1 N–H and O–H groups in total. The summed E-state index contributed by atoms with van der Waals surface area (Å²) in [6.07, 6.45) is 0.964. The van der Waals surface area contributed by atoms with Gasteiger partial charge in [0.25, 0.3) is 0 Å². The zero-order valence-corrected chi connectivity index (χ0v) is 7.22. The zero-order chi connectivity index (χ0) is 8.48. The van der Waals surface area contributed by atoms with E-state index in [0.29, 0.717) is 0 Å². The molecule has 0 amide bonds. The van der Waals surface area contributed by atoms with Crippen molar-refractivity contribution in [1.29, 1.82) is 5.26 Å². The maximum atomic E-state index is 8.91. The standard InChI is InChI=1S/C8H14N2O/c1-6-4-8(5-9,10-3)7(2)11-6/h6-7,10H,4H2,1-3H3. The van der Waals surface area contributed by atoms with Crippen LogP contribution in [0.4, 0.5) is 0 Å². The summed E-state index contributed by atoms with van der Waals surface area (Å²) in [5.74, 6) is 0. The van der Waals surface area contributed by atoms with Crippen LogP contribution in [0.15, 0.2) is 0 Å². The van der Waals surface area contributed by atoms with Crippen molar-refractivity contribution in [2.75, 3.05) is 7.05 Å². The van der Waals surface area contributed by atoms with Crippen molar-refractivity contribution in [3.8, 4) is 6.07 Å². The predicted molar refractivity (Wildman–Crippen MR) is 42.0 cm³/mol. The molecular weight excluding hydrogens is 140 g/mol. The van der Waals surface area contributed by atoms with Crippen LogP contribution in [0.3, 0.4) is 0 Å². The number of nitriles is 1. The highest BCUT2D eigenvalue weighted by Gasteiger charge is 2.43. The molecule has 0 aromatic heterocycles. The molecule has 0 aliphatic carbocycles. The lowest BCUT2D eigenvalue weighted by Crippen LogP contribution is -2.47. The number of nitrogens with zero attached hydrogens (tertiary/aromatic N) is 1. The number of hydrogen-bond acceptors (Lipinski definition) is 3. The van der Waals surface area contributed by atoms with Crippen LogP contribution in [0.1, 0.15) is 20.3 Å². The molecule has 0 radical (unpaired) electrons. The highest BCUT2D eigenvalue weighted by molar-refractivity contribution is 5.14. The average molecular weight is 154 g/mol. The first-order chi connectivity index (χ1) is 5.14. The van der Waals surface area contributed by atoms with Crippen molar-refractivity contribution < 1.29 is 4.74 Å². The van der Waals surface area contributed by atoms with Gasteiger partial charge in [-0.05, 0) is 20.9 Å². The second kappa shape index (κ2) is 2.80. The molecule has 0 bridgehead atoms. The van der Waals surface area contributed by atoms with Gasteiger partial charge in [0.15, 0.2) is 0 Å². The number of ether oxygens (including phenoxy) is 1. The van der Waals surface area contributed by atoms with E-state index in [0.717, 1.165) is 6.42 Å². The van der Waals surface area contributed by atoms with Crippen LogP contribution in [-0.4, -0.2) is 24.8 Å². The Balaban J connectivity index is 2.78. The quantitative estimate of drug-likeness (QED) is 0.603. The molecule has 0 saturated carbocycles. The first-order valence-electron chi connectivity index (χ1n) is 3.90. The lowest BCUT2D eigenvalue weighted by Gasteiger charge is -2.22. The Bertz CT molecular complexity index is 187. The molecule has 0 spiro atoms. The van der Waals surface area contributed by atoms with Gasteiger partial charge < -0.3 is 10.1 Å². The van der Waals surface area contributed by atoms with Crippen LogP contribution in [0.25, 0.3) is 0 Å². The number of nitrogens with one attached hydrogen (secondary N) is 1. The van der Waals surface area contributed by atoms with E-state index in [1.165, 1.54) is 0 Å². The Morgan fingerprint density at radius 3 is 2.45 bits per heavy atom. The summed E-state index contributed by atoms with van der Waals surface area (Å²) in [5, 5.41) is 11.9. The Labute approximate surface area is 67.3 Å². The van der Waals surface area contributed by atoms with E-state index in [4.69, 9.17) is 10.00 Å². The van der Waals surface area contributed by atoms with Gasteiger partial charge in [-0.15, -0.1) is 0 Å². The van der Waals surface area contributed by atoms with E-state index in [1.54, 1.807) is 7.05 Å². The van der Waals surface area contributed by atoms with Gasteiger partial charge in [-0.1, -0.05) is 0 Å². The summed E-state index contributed by atoms with van der Waals surface area (Å²) in [4.78, 5) is 0. The van der Waals surface area contributed by atoms with Gasteiger partial charge >= 0.3 is 0 Å². The molecule has 3 nitrogen and oxygen atoms in total. The van der Waals surface area contributed by atoms with E-state index in [9.17, 15) is 0 Å². The maximum absolute atomic E-state index is 8.91. The molecule has 3 atom stereocenters. The number of rotatable bonds is 1. The van der Waals surface area contributed by atoms with E-state index in [-0.39, 0.29) is 12.2 Å². The van der Waals surface area contributed by atoms with Crippen LogP contribution in [0.5, 0.6) is 0 Å². The van der Waals surface area contributed by atoms with Gasteiger partial charge in [0.2, 0.25) is 0 Å². The summed E-state index contributed by atoms with van der Waals surface area (Å²) >= 11 is 0. The van der Waals surface area contributed by atoms with Gasteiger partial charge in [-0.3, -0.25) is 0 Å². The molecule has 1 aliphatic heterocycles. The molecule has 1 heterocycles. The van der Waals surface area contributed by atoms with Crippen LogP contribution in [-0.2, 0) is 4.74 Å². The van der Waals surface area contributed by atoms with E-state index in [1.807, 2.05) is 13.8 Å². The van der Waals surface area contributed by atoms with E-state index in [2.05, 4.69) is 11.4 Å². The predicted octanol–water partition coefficient (Wildman–Crippen LogP) is 0.665. The third kappa shape index (κ3) is 1.24. The second-order valence-corrected chi connectivity index (χ2v) is 3.13. The van der Waals surface area contributed by atoms with E-state index < -0.39 is 5.54 Å². The van der Waals surface area contributed by atoms with Gasteiger partial charge in [0, 0.05) is 6.42 Å². The van der Waals surface area contributed by atoms with Crippen molar-refractivity contribution in [3.05, 3.63) is 0 Å². The number of likely N-dealkylation sites (N-methyl/N-ethyl adjacent to an activating group) is 1. The zero-order valence-electron chi connectivity index (χ0n) is 7.22. The van der Waals surface area contributed by atoms with Crippen LogP contribution < -0.4 is 5.32 Å². The minimum absolute atomic E-state index is 0.00694. The maximum Gasteiger partial charge on any atom is 0.135 e. The fraction of sp³-hybridized carbons (Fsp3) is 0.875. The minimum Gasteiger partial charge on any atom is -0.372 e. The molecule has 3 unspecified atom stereocenters. The van der Waals surface area contributed by atoms with Crippen molar-refractivity contribution in [3.63, 3.8) is 0 Å². The van der Waals surface area contributed by atoms with Gasteiger partial charge in [-0.2, -0.15) is 5.26 Å². The summed E-state index contributed by atoms with van der Waals surface area (Å²) in [6, 6.07) is 2.27. The third-order valence-electron chi connectivity index (χ3n) is 2.39. The summed E-state index contributed by atoms with van der Waals surface area (Å²) in [7, 11) is 1.81. The van der Waals surface area contributed by atoms with Crippen LogP contribution >= 0.6 is 0 Å². The smallest absolute Gasteiger partial charge is 0.135 e. The SMILES string of the molecule is CNC1(C#N)CC(C)OC1C. The minimum atomic E-state index is -0.459. The largest absolute Gasteiger partial charge is 0.372 e. The van der Waals surface area contributed by atoms with Crippen molar-refractivity contribution in [2.24, 2.45) is 0 Å². The summed E-state index contributed by atoms with van der Waals surface area (Å²) < 4.78 is 5.47. The molecule has 11 heavy (non-hydrogen) atoms. The van der Waals surface area contributed by atoms with Gasteiger partial charge in [0.05, 0.1) is 18.3 Å². The highest BCUT2D eigenvalue weighted by atomic mass is 16.5. The molecule has 1 fully saturated rings. The normalized spacial score (nSPS) is 43.8. The Morgan fingerprint density at radius 1 is 1.64 bits per heavy atom. The van der Waals surface area contributed by atoms with E-state index >= 15 is 0 Å². The molecule has 62 valence electrons. The number of hydrogen-bond donors (Lipinski definition) is 1. The first kappa shape index (κ1) is 8.51. The lowest BCUT2D eigenvalue weighted by atomic mass is 9.92. The molecule has 0 aromatic carbocycles. The topological polar surface area (TPSA) is 45.0 Å². The molecule has 1 rings (SSSR count). The molecular formula is C8H14N2O. The van der Waals surface area contributed by atoms with Crippen LogP contribution in [0, 0.1) is 11.3 Å². The van der Waals surface area contributed by atoms with Gasteiger partial charge in [-0.25, -0.2) is 0 Å². The Hall–Kier alpha value is -0.590. The second-order valence-electron chi connectivity index (χ2n) is 3.13. The van der Waals surface area contributed by atoms with Gasteiger partial charge in [0.1, 0.15) is 5.54 Å². The summed E-state index contributed by atoms with van der Waals surface area (Å²) in [5.41, 5.74) is -0.459.